The largest absolute Gasteiger partial charge is 0.468 e. The number of hydrogen-bond donors (Lipinski definition) is 1. The third-order valence-corrected chi connectivity index (χ3v) is 6.86. The van der Waals surface area contributed by atoms with Gasteiger partial charge in [0.15, 0.2) is 6.61 Å². The average Bonchev–Trinajstić information content (AvgIpc) is 3.08. The van der Waals surface area contributed by atoms with Gasteiger partial charge in [0, 0.05) is 50.4 Å². The maximum absolute atomic E-state index is 12.7. The Morgan fingerprint density at radius 3 is 2.73 bits per heavy atom. The predicted octanol–water partition coefficient (Wildman–Crippen LogP) is 2.97. The Kier molecular flexibility index (Phi) is 8.86. The van der Waals surface area contributed by atoms with Crippen LogP contribution < -0.4 is 15.6 Å². The van der Waals surface area contributed by atoms with Gasteiger partial charge in [-0.15, -0.1) is 0 Å². The lowest BCUT2D eigenvalue weighted by Crippen LogP contribution is -2.44. The molecule has 0 aromatic carbocycles. The van der Waals surface area contributed by atoms with Gasteiger partial charge in [0.05, 0.1) is 18.8 Å². The van der Waals surface area contributed by atoms with Crippen molar-refractivity contribution in [3.8, 4) is 5.88 Å². The Morgan fingerprint density at radius 1 is 1.19 bits per heavy atom. The summed E-state index contributed by atoms with van der Waals surface area (Å²) in [6.07, 6.45) is -0.363. The van der Waals surface area contributed by atoms with Crippen LogP contribution in [-0.2, 0) is 24.1 Å². The van der Waals surface area contributed by atoms with Crippen LogP contribution in [0.4, 0.5) is 13.2 Å². The lowest BCUT2D eigenvalue weighted by Gasteiger charge is -2.31. The number of aromatic nitrogens is 2. The highest BCUT2D eigenvalue weighted by atomic mass is 19.4. The fourth-order valence-corrected chi connectivity index (χ4v) is 4.85. The Labute approximate surface area is 213 Å². The van der Waals surface area contributed by atoms with E-state index in [0.29, 0.717) is 25.3 Å². The number of fused-ring (bicyclic) bond motifs is 1. The van der Waals surface area contributed by atoms with Crippen molar-refractivity contribution in [3.63, 3.8) is 0 Å². The second-order valence-electron chi connectivity index (χ2n) is 9.49. The van der Waals surface area contributed by atoms with Crippen molar-refractivity contribution in [2.45, 2.75) is 63.9 Å². The molecule has 37 heavy (non-hydrogen) atoms. The van der Waals surface area contributed by atoms with Gasteiger partial charge < -0.3 is 24.3 Å². The van der Waals surface area contributed by atoms with Crippen LogP contribution >= 0.6 is 0 Å². The Morgan fingerprint density at radius 2 is 2.00 bits per heavy atom. The number of amides is 1. The molecule has 2 aromatic heterocycles. The number of carbonyl (C=O) groups excluding carboxylic acids is 1. The first-order valence-electron chi connectivity index (χ1n) is 12.7. The molecular weight excluding hydrogens is 489 g/mol. The van der Waals surface area contributed by atoms with Crippen LogP contribution in [0, 0.1) is 0 Å². The summed E-state index contributed by atoms with van der Waals surface area (Å²) in [5.74, 6) is -0.261. The van der Waals surface area contributed by atoms with Crippen LogP contribution in [0.5, 0.6) is 5.88 Å². The van der Waals surface area contributed by atoms with Crippen LogP contribution in [0.25, 0.3) is 0 Å². The molecule has 1 unspecified atom stereocenters. The van der Waals surface area contributed by atoms with Gasteiger partial charge in [-0.05, 0) is 44.2 Å². The summed E-state index contributed by atoms with van der Waals surface area (Å²) in [5.41, 5.74) is 1.99. The third kappa shape index (κ3) is 7.54. The van der Waals surface area contributed by atoms with E-state index in [9.17, 15) is 22.8 Å². The monoisotopic (exact) mass is 522 g/mol. The van der Waals surface area contributed by atoms with Crippen molar-refractivity contribution in [1.29, 1.82) is 0 Å². The summed E-state index contributed by atoms with van der Waals surface area (Å²) in [4.78, 5) is 31.3. The zero-order chi connectivity index (χ0) is 26.4. The molecular formula is C26H33F3N4O4. The molecule has 1 fully saturated rings. The SMILES string of the molecule is CCn1c(C(=O)N[C@H]2CCC(CCN3CCc4ccc(OCC(F)(F)F)nc4CC3)OC2)cccc1=O. The highest BCUT2D eigenvalue weighted by Crippen LogP contribution is 2.22. The van der Waals surface area contributed by atoms with Crippen LogP contribution in [0.1, 0.15) is 47.9 Å². The third-order valence-electron chi connectivity index (χ3n) is 6.86. The summed E-state index contributed by atoms with van der Waals surface area (Å²) >= 11 is 0. The van der Waals surface area contributed by atoms with E-state index in [4.69, 9.17) is 9.47 Å². The number of carbonyl (C=O) groups is 1. The molecule has 1 amide bonds. The first-order valence-corrected chi connectivity index (χ1v) is 12.7. The Hall–Kier alpha value is -2.92. The van der Waals surface area contributed by atoms with E-state index in [1.165, 1.54) is 16.7 Å². The van der Waals surface area contributed by atoms with Gasteiger partial charge in [-0.25, -0.2) is 4.98 Å². The number of nitrogens with one attached hydrogen (secondary N) is 1. The lowest BCUT2D eigenvalue weighted by molar-refractivity contribution is -0.154. The van der Waals surface area contributed by atoms with Crippen LogP contribution in [0.15, 0.2) is 35.1 Å². The van der Waals surface area contributed by atoms with Crippen molar-refractivity contribution in [2.24, 2.45) is 0 Å². The van der Waals surface area contributed by atoms with Gasteiger partial charge in [0.25, 0.3) is 11.5 Å². The maximum atomic E-state index is 12.7. The van der Waals surface area contributed by atoms with E-state index in [1.807, 2.05) is 13.0 Å². The molecule has 0 radical (unpaired) electrons. The standard InChI is InChI=1S/C26H33F3N4O4/c1-2-33-22(4-3-5-24(33)34)25(35)30-19-7-8-20(36-16-19)11-14-32-13-10-18-6-9-23(31-21(18)12-15-32)37-17-26(27,28)29/h3-6,9,19-20H,2,7-8,10-17H2,1H3,(H,30,35)/t19-,20?/m0/s1. The number of ether oxygens (including phenoxy) is 2. The molecule has 202 valence electrons. The van der Waals surface area contributed by atoms with Crippen molar-refractivity contribution in [3.05, 3.63) is 57.6 Å². The Bertz CT molecular complexity index is 1130. The summed E-state index contributed by atoms with van der Waals surface area (Å²) < 4.78 is 49.6. The number of rotatable bonds is 8. The van der Waals surface area contributed by atoms with Crippen molar-refractivity contribution < 1.29 is 27.4 Å². The van der Waals surface area contributed by atoms with E-state index in [2.05, 4.69) is 15.2 Å². The fraction of sp³-hybridized carbons (Fsp3) is 0.577. The highest BCUT2D eigenvalue weighted by molar-refractivity contribution is 5.92. The number of nitrogens with zero attached hydrogens (tertiary/aromatic N) is 3. The first-order chi connectivity index (χ1) is 17.7. The molecule has 0 aliphatic carbocycles. The summed E-state index contributed by atoms with van der Waals surface area (Å²) in [6.45, 7) is 3.80. The highest BCUT2D eigenvalue weighted by Gasteiger charge is 2.29. The summed E-state index contributed by atoms with van der Waals surface area (Å²) in [5, 5.41) is 2.99. The topological polar surface area (TPSA) is 85.7 Å². The molecule has 8 nitrogen and oxygen atoms in total. The molecule has 11 heteroatoms. The van der Waals surface area contributed by atoms with Gasteiger partial charge in [0.1, 0.15) is 5.69 Å². The molecule has 0 spiro atoms. The number of alkyl halides is 3. The molecule has 0 bridgehead atoms. The molecule has 0 saturated carbocycles. The van der Waals surface area contributed by atoms with Crippen molar-refractivity contribution in [1.82, 2.24) is 19.8 Å². The van der Waals surface area contributed by atoms with E-state index >= 15 is 0 Å². The molecule has 2 aromatic rings. The van der Waals surface area contributed by atoms with E-state index in [1.54, 1.807) is 12.1 Å². The average molecular weight is 523 g/mol. The maximum Gasteiger partial charge on any atom is 0.422 e. The smallest absolute Gasteiger partial charge is 0.422 e. The number of pyridine rings is 2. The van der Waals surface area contributed by atoms with Crippen molar-refractivity contribution >= 4 is 5.91 Å². The molecule has 2 aliphatic heterocycles. The zero-order valence-corrected chi connectivity index (χ0v) is 20.9. The van der Waals surface area contributed by atoms with Gasteiger partial charge in [-0.3, -0.25) is 9.59 Å². The lowest BCUT2D eigenvalue weighted by atomic mass is 10.0. The minimum atomic E-state index is -4.39. The van der Waals surface area contributed by atoms with Crippen LogP contribution in [-0.4, -0.2) is 71.5 Å². The first kappa shape index (κ1) is 27.1. The molecule has 1 N–H and O–H groups in total. The minimum Gasteiger partial charge on any atom is -0.468 e. The molecule has 2 atom stereocenters. The number of halogens is 3. The van der Waals surface area contributed by atoms with Gasteiger partial charge in [-0.1, -0.05) is 12.1 Å². The molecule has 4 rings (SSSR count). The van der Waals surface area contributed by atoms with E-state index < -0.39 is 12.8 Å². The molecule has 2 aliphatic rings. The zero-order valence-electron chi connectivity index (χ0n) is 20.9. The number of hydrogen-bond acceptors (Lipinski definition) is 6. The van der Waals surface area contributed by atoms with Gasteiger partial charge in [0.2, 0.25) is 5.88 Å². The summed E-state index contributed by atoms with van der Waals surface area (Å²) in [7, 11) is 0. The molecule has 4 heterocycles. The minimum absolute atomic E-state index is 0.00650. The molecule has 1 saturated heterocycles. The quantitative estimate of drug-likeness (QED) is 0.574. The van der Waals surface area contributed by atoms with E-state index in [0.717, 1.165) is 56.6 Å². The normalized spacial score (nSPS) is 20.6. The second-order valence-corrected chi connectivity index (χ2v) is 9.49. The Balaban J connectivity index is 1.20. The van der Waals surface area contributed by atoms with E-state index in [-0.39, 0.29) is 29.5 Å². The van der Waals surface area contributed by atoms with Crippen LogP contribution in [0.2, 0.25) is 0 Å². The second kappa shape index (κ2) is 12.1. The summed E-state index contributed by atoms with van der Waals surface area (Å²) in [6, 6.07) is 7.90. The predicted molar refractivity (Wildman–Crippen MR) is 131 cm³/mol. The van der Waals surface area contributed by atoms with Crippen LogP contribution in [0.3, 0.4) is 0 Å². The fourth-order valence-electron chi connectivity index (χ4n) is 4.85. The van der Waals surface area contributed by atoms with Crippen molar-refractivity contribution in [2.75, 3.05) is 32.8 Å². The van der Waals surface area contributed by atoms with Gasteiger partial charge in [-0.2, -0.15) is 13.2 Å². The van der Waals surface area contributed by atoms with Gasteiger partial charge >= 0.3 is 6.18 Å².